The molecular formula is C19H21BrN2O4S. The van der Waals surface area contributed by atoms with E-state index < -0.39 is 10.0 Å². The number of halogens is 1. The van der Waals surface area contributed by atoms with Crippen molar-refractivity contribution in [1.82, 2.24) is 4.72 Å². The maximum atomic E-state index is 12.6. The molecule has 2 aromatic carbocycles. The molecule has 2 rings (SSSR count). The third-order valence-corrected chi connectivity index (χ3v) is 5.32. The molecule has 2 aromatic rings. The van der Waals surface area contributed by atoms with Crippen molar-refractivity contribution in [3.8, 4) is 5.75 Å². The molecular weight excluding hydrogens is 432 g/mol. The maximum absolute atomic E-state index is 12.6. The predicted molar refractivity (Wildman–Crippen MR) is 110 cm³/mol. The summed E-state index contributed by atoms with van der Waals surface area (Å²) in [6.45, 7) is 7.37. The Morgan fingerprint density at radius 3 is 2.48 bits per heavy atom. The fourth-order valence-electron chi connectivity index (χ4n) is 2.20. The molecule has 0 saturated heterocycles. The van der Waals surface area contributed by atoms with Gasteiger partial charge in [0, 0.05) is 16.7 Å². The fraction of sp³-hybridized carbons (Fsp3) is 0.211. The minimum Gasteiger partial charge on any atom is -0.490 e. The van der Waals surface area contributed by atoms with Crippen molar-refractivity contribution in [1.29, 1.82) is 0 Å². The molecule has 0 heterocycles. The van der Waals surface area contributed by atoms with Crippen LogP contribution in [0.2, 0.25) is 0 Å². The van der Waals surface area contributed by atoms with Gasteiger partial charge in [0.05, 0.1) is 16.6 Å². The third kappa shape index (κ3) is 5.92. The zero-order chi connectivity index (χ0) is 20.0. The van der Waals surface area contributed by atoms with Crippen molar-refractivity contribution in [2.24, 2.45) is 0 Å². The highest BCUT2D eigenvalue weighted by Crippen LogP contribution is 2.25. The molecule has 0 atom stereocenters. The second kappa shape index (κ2) is 9.16. The highest BCUT2D eigenvalue weighted by molar-refractivity contribution is 9.10. The van der Waals surface area contributed by atoms with E-state index in [4.69, 9.17) is 4.74 Å². The van der Waals surface area contributed by atoms with Crippen LogP contribution in [-0.2, 0) is 10.0 Å². The Balaban J connectivity index is 2.19. The number of rotatable bonds is 8. The van der Waals surface area contributed by atoms with Gasteiger partial charge in [-0.15, -0.1) is 6.58 Å². The number of carbonyl (C=O) groups excluding carboxylic acids is 1. The minimum absolute atomic E-state index is 0.0784. The highest BCUT2D eigenvalue weighted by Gasteiger charge is 2.16. The van der Waals surface area contributed by atoms with Crippen LogP contribution in [0.5, 0.6) is 5.75 Å². The molecule has 144 valence electrons. The van der Waals surface area contributed by atoms with Crippen LogP contribution in [0.4, 0.5) is 5.69 Å². The molecule has 2 N–H and O–H groups in total. The molecule has 1 amide bonds. The van der Waals surface area contributed by atoms with Crippen molar-refractivity contribution in [2.75, 3.05) is 11.9 Å². The van der Waals surface area contributed by atoms with Crippen molar-refractivity contribution in [3.63, 3.8) is 0 Å². The number of nitrogens with one attached hydrogen (secondary N) is 2. The number of hydrogen-bond donors (Lipinski definition) is 2. The van der Waals surface area contributed by atoms with Gasteiger partial charge in [-0.25, -0.2) is 13.1 Å². The van der Waals surface area contributed by atoms with E-state index in [1.165, 1.54) is 30.3 Å². The molecule has 0 aliphatic rings. The van der Waals surface area contributed by atoms with E-state index in [-0.39, 0.29) is 23.5 Å². The topological polar surface area (TPSA) is 84.5 Å². The van der Waals surface area contributed by atoms with Crippen molar-refractivity contribution >= 4 is 37.5 Å². The summed E-state index contributed by atoms with van der Waals surface area (Å²) in [5.41, 5.74) is 0.848. The van der Waals surface area contributed by atoms with E-state index in [0.717, 1.165) is 4.47 Å². The molecule has 0 radical (unpaired) electrons. The first-order valence-electron chi connectivity index (χ1n) is 8.21. The Bertz CT molecular complexity index is 925. The fourth-order valence-corrected chi connectivity index (χ4v) is 3.56. The molecule has 8 heteroatoms. The number of amides is 1. The maximum Gasteiger partial charge on any atom is 0.259 e. The van der Waals surface area contributed by atoms with Crippen molar-refractivity contribution in [2.45, 2.75) is 24.8 Å². The van der Waals surface area contributed by atoms with Gasteiger partial charge in [-0.05, 0) is 56.3 Å². The lowest BCUT2D eigenvalue weighted by atomic mass is 10.1. The summed E-state index contributed by atoms with van der Waals surface area (Å²) in [7, 11) is -3.61. The van der Waals surface area contributed by atoms with E-state index in [2.05, 4.69) is 32.5 Å². The second-order valence-electron chi connectivity index (χ2n) is 5.93. The zero-order valence-corrected chi connectivity index (χ0v) is 17.4. The predicted octanol–water partition coefficient (Wildman–Crippen LogP) is 3.95. The van der Waals surface area contributed by atoms with Gasteiger partial charge in [0.15, 0.2) is 0 Å². The first kappa shape index (κ1) is 21.1. The Hall–Kier alpha value is -2.16. The Morgan fingerprint density at radius 2 is 1.89 bits per heavy atom. The van der Waals surface area contributed by atoms with Crippen LogP contribution in [0.15, 0.2) is 64.5 Å². The van der Waals surface area contributed by atoms with E-state index in [9.17, 15) is 13.2 Å². The number of carbonyl (C=O) groups is 1. The lowest BCUT2D eigenvalue weighted by Crippen LogP contribution is -2.23. The van der Waals surface area contributed by atoms with Gasteiger partial charge in [0.2, 0.25) is 10.0 Å². The highest BCUT2D eigenvalue weighted by atomic mass is 79.9. The summed E-state index contributed by atoms with van der Waals surface area (Å²) < 4.78 is 32.9. The quantitative estimate of drug-likeness (QED) is 0.593. The SMILES string of the molecule is C=CCNS(=O)(=O)c1ccc(NC(=O)c2cc(Br)ccc2OC(C)C)cc1. The standard InChI is InChI=1S/C19H21BrN2O4S/c1-4-11-21-27(24,25)16-8-6-15(7-9-16)22-19(23)17-12-14(20)5-10-18(17)26-13(2)3/h4-10,12-13,21H,1,11H2,2-3H3,(H,22,23). The first-order valence-corrected chi connectivity index (χ1v) is 10.5. The summed E-state index contributed by atoms with van der Waals surface area (Å²) in [6.07, 6.45) is 1.38. The van der Waals surface area contributed by atoms with Crippen LogP contribution in [-0.4, -0.2) is 27.0 Å². The van der Waals surface area contributed by atoms with E-state index >= 15 is 0 Å². The average Bonchev–Trinajstić information content (AvgIpc) is 2.61. The molecule has 0 bridgehead atoms. The van der Waals surface area contributed by atoms with E-state index in [1.54, 1.807) is 18.2 Å². The lowest BCUT2D eigenvalue weighted by Gasteiger charge is -2.15. The van der Waals surface area contributed by atoms with Crippen LogP contribution in [0, 0.1) is 0 Å². The van der Waals surface area contributed by atoms with E-state index in [0.29, 0.717) is 17.0 Å². The third-order valence-electron chi connectivity index (χ3n) is 3.39. The molecule has 27 heavy (non-hydrogen) atoms. The van der Waals surface area contributed by atoms with Crippen LogP contribution >= 0.6 is 15.9 Å². The van der Waals surface area contributed by atoms with Gasteiger partial charge >= 0.3 is 0 Å². The monoisotopic (exact) mass is 452 g/mol. The molecule has 0 aliphatic heterocycles. The Morgan fingerprint density at radius 1 is 1.22 bits per heavy atom. The smallest absolute Gasteiger partial charge is 0.259 e. The lowest BCUT2D eigenvalue weighted by molar-refractivity contribution is 0.102. The largest absolute Gasteiger partial charge is 0.490 e. The molecule has 0 fully saturated rings. The van der Waals surface area contributed by atoms with Gasteiger partial charge in [-0.1, -0.05) is 22.0 Å². The Labute approximate surface area is 167 Å². The molecule has 6 nitrogen and oxygen atoms in total. The number of anilines is 1. The molecule has 0 unspecified atom stereocenters. The summed E-state index contributed by atoms with van der Waals surface area (Å²) in [5.74, 6) is 0.117. The van der Waals surface area contributed by atoms with Gasteiger partial charge < -0.3 is 10.1 Å². The summed E-state index contributed by atoms with van der Waals surface area (Å²) >= 11 is 3.35. The zero-order valence-electron chi connectivity index (χ0n) is 15.0. The summed E-state index contributed by atoms with van der Waals surface area (Å²) in [5, 5.41) is 2.75. The van der Waals surface area contributed by atoms with Crippen LogP contribution < -0.4 is 14.8 Å². The number of benzene rings is 2. The molecule has 0 aliphatic carbocycles. The van der Waals surface area contributed by atoms with Gasteiger partial charge in [0.1, 0.15) is 5.75 Å². The minimum atomic E-state index is -3.61. The normalized spacial score (nSPS) is 11.3. The van der Waals surface area contributed by atoms with Gasteiger partial charge in [0.25, 0.3) is 5.91 Å². The van der Waals surface area contributed by atoms with Gasteiger partial charge in [-0.2, -0.15) is 0 Å². The molecule has 0 spiro atoms. The van der Waals surface area contributed by atoms with E-state index in [1.807, 2.05) is 13.8 Å². The van der Waals surface area contributed by atoms with Gasteiger partial charge in [-0.3, -0.25) is 4.79 Å². The summed E-state index contributed by atoms with van der Waals surface area (Å²) in [4.78, 5) is 12.7. The molecule has 0 aromatic heterocycles. The average molecular weight is 453 g/mol. The van der Waals surface area contributed by atoms with Crippen molar-refractivity contribution in [3.05, 3.63) is 65.2 Å². The number of ether oxygens (including phenoxy) is 1. The Kier molecular flexibility index (Phi) is 7.18. The number of hydrogen-bond acceptors (Lipinski definition) is 4. The van der Waals surface area contributed by atoms with Crippen LogP contribution in [0.25, 0.3) is 0 Å². The van der Waals surface area contributed by atoms with Crippen LogP contribution in [0.1, 0.15) is 24.2 Å². The summed E-state index contributed by atoms with van der Waals surface area (Å²) in [6, 6.07) is 11.1. The van der Waals surface area contributed by atoms with Crippen LogP contribution in [0.3, 0.4) is 0 Å². The first-order chi connectivity index (χ1) is 12.7. The second-order valence-corrected chi connectivity index (χ2v) is 8.61. The molecule has 0 saturated carbocycles. The number of sulfonamides is 1. The van der Waals surface area contributed by atoms with Crippen molar-refractivity contribution < 1.29 is 17.9 Å².